The summed E-state index contributed by atoms with van der Waals surface area (Å²) >= 11 is 0. The predicted molar refractivity (Wildman–Crippen MR) is 108 cm³/mol. The topological polar surface area (TPSA) is 65.5 Å². The molecule has 0 aromatic heterocycles. The van der Waals surface area contributed by atoms with Crippen molar-refractivity contribution in [3.05, 3.63) is 35.4 Å². The number of aliphatic imine (C=N–C) groups is 1. The van der Waals surface area contributed by atoms with Crippen molar-refractivity contribution >= 4 is 11.9 Å². The molecule has 1 aromatic carbocycles. The molecule has 0 aliphatic heterocycles. The van der Waals surface area contributed by atoms with Gasteiger partial charge in [0.2, 0.25) is 5.91 Å². The van der Waals surface area contributed by atoms with Gasteiger partial charge < -0.3 is 16.0 Å². The van der Waals surface area contributed by atoms with Crippen LogP contribution in [-0.2, 0) is 11.2 Å². The van der Waals surface area contributed by atoms with Crippen LogP contribution in [0.3, 0.4) is 0 Å². The molecule has 2 unspecified atom stereocenters. The minimum absolute atomic E-state index is 0.106. The molecule has 0 heterocycles. The van der Waals surface area contributed by atoms with Gasteiger partial charge in [0, 0.05) is 31.6 Å². The van der Waals surface area contributed by atoms with Crippen LogP contribution >= 0.6 is 0 Å². The van der Waals surface area contributed by atoms with Gasteiger partial charge in [-0.25, -0.2) is 0 Å². The molecule has 0 radical (unpaired) electrons. The summed E-state index contributed by atoms with van der Waals surface area (Å²) in [5.41, 5.74) is 2.61. The van der Waals surface area contributed by atoms with Crippen LogP contribution in [0.5, 0.6) is 0 Å². The third-order valence-corrected chi connectivity index (χ3v) is 4.87. The fraction of sp³-hybridized carbons (Fsp3) is 0.619. The molecule has 0 bridgehead atoms. The van der Waals surface area contributed by atoms with E-state index in [0.29, 0.717) is 6.04 Å². The molecule has 26 heavy (non-hydrogen) atoms. The van der Waals surface area contributed by atoms with Gasteiger partial charge >= 0.3 is 0 Å². The number of rotatable bonds is 6. The SMILES string of the molecule is CN=C(NCCc1ccc(C)cc1)NC1CCCC(C(=O)NC(C)C)C1. The Morgan fingerprint density at radius 3 is 2.62 bits per heavy atom. The van der Waals surface area contributed by atoms with E-state index in [2.05, 4.69) is 52.1 Å². The summed E-state index contributed by atoms with van der Waals surface area (Å²) in [6.45, 7) is 6.96. The van der Waals surface area contributed by atoms with Crippen LogP contribution in [0.4, 0.5) is 0 Å². The van der Waals surface area contributed by atoms with Crippen LogP contribution in [0.2, 0.25) is 0 Å². The summed E-state index contributed by atoms with van der Waals surface area (Å²) in [4.78, 5) is 16.6. The molecule has 1 fully saturated rings. The first-order chi connectivity index (χ1) is 12.5. The number of carbonyl (C=O) groups is 1. The van der Waals surface area contributed by atoms with E-state index in [0.717, 1.165) is 44.6 Å². The summed E-state index contributed by atoms with van der Waals surface area (Å²) in [7, 11) is 1.80. The fourth-order valence-electron chi connectivity index (χ4n) is 3.43. The smallest absolute Gasteiger partial charge is 0.223 e. The lowest BCUT2D eigenvalue weighted by Crippen LogP contribution is -2.47. The molecule has 1 aliphatic carbocycles. The first-order valence-electron chi connectivity index (χ1n) is 9.81. The maximum atomic E-state index is 12.3. The number of nitrogens with one attached hydrogen (secondary N) is 3. The van der Waals surface area contributed by atoms with Crippen molar-refractivity contribution < 1.29 is 4.79 Å². The highest BCUT2D eigenvalue weighted by atomic mass is 16.1. The Morgan fingerprint density at radius 1 is 1.23 bits per heavy atom. The van der Waals surface area contributed by atoms with Crippen molar-refractivity contribution in [1.29, 1.82) is 0 Å². The molecule has 1 amide bonds. The number of hydrogen-bond donors (Lipinski definition) is 3. The highest BCUT2D eigenvalue weighted by Crippen LogP contribution is 2.24. The predicted octanol–water partition coefficient (Wildman–Crippen LogP) is 2.79. The van der Waals surface area contributed by atoms with Crippen molar-refractivity contribution in [3.63, 3.8) is 0 Å². The van der Waals surface area contributed by atoms with Gasteiger partial charge in [0.1, 0.15) is 0 Å². The summed E-state index contributed by atoms with van der Waals surface area (Å²) < 4.78 is 0. The zero-order valence-corrected chi connectivity index (χ0v) is 16.6. The molecule has 5 heteroatoms. The Hall–Kier alpha value is -2.04. The summed E-state index contributed by atoms with van der Waals surface area (Å²) in [5.74, 6) is 1.12. The molecule has 2 rings (SSSR count). The fourth-order valence-corrected chi connectivity index (χ4v) is 3.43. The normalized spacial score (nSPS) is 20.7. The van der Waals surface area contributed by atoms with Crippen molar-refractivity contribution in [1.82, 2.24) is 16.0 Å². The second-order valence-electron chi connectivity index (χ2n) is 7.60. The van der Waals surface area contributed by atoms with Crippen molar-refractivity contribution in [2.24, 2.45) is 10.9 Å². The number of amides is 1. The van der Waals surface area contributed by atoms with E-state index in [4.69, 9.17) is 0 Å². The standard InChI is InChI=1S/C21H34N4O/c1-15(2)24-20(26)18-6-5-7-19(14-18)25-21(22-4)23-13-12-17-10-8-16(3)9-11-17/h8-11,15,18-19H,5-7,12-14H2,1-4H3,(H,24,26)(H2,22,23,25). The Bertz CT molecular complexity index is 595. The van der Waals surface area contributed by atoms with E-state index in [1.807, 2.05) is 13.8 Å². The van der Waals surface area contributed by atoms with Gasteiger partial charge in [-0.15, -0.1) is 0 Å². The van der Waals surface area contributed by atoms with Crippen LogP contribution < -0.4 is 16.0 Å². The van der Waals surface area contributed by atoms with E-state index in [1.54, 1.807) is 7.05 Å². The zero-order valence-electron chi connectivity index (χ0n) is 16.6. The third-order valence-electron chi connectivity index (χ3n) is 4.87. The van der Waals surface area contributed by atoms with Gasteiger partial charge in [0.15, 0.2) is 5.96 Å². The van der Waals surface area contributed by atoms with Crippen LogP contribution in [0, 0.1) is 12.8 Å². The number of guanidine groups is 1. The first kappa shape index (κ1) is 20.3. The van der Waals surface area contributed by atoms with E-state index < -0.39 is 0 Å². The molecule has 1 aliphatic rings. The van der Waals surface area contributed by atoms with Crippen molar-refractivity contribution in [2.45, 2.75) is 65.0 Å². The molecule has 2 atom stereocenters. The van der Waals surface area contributed by atoms with Crippen molar-refractivity contribution in [3.8, 4) is 0 Å². The van der Waals surface area contributed by atoms with Gasteiger partial charge in [-0.05, 0) is 52.0 Å². The van der Waals surface area contributed by atoms with Gasteiger partial charge in [0.25, 0.3) is 0 Å². The highest BCUT2D eigenvalue weighted by Gasteiger charge is 2.27. The van der Waals surface area contributed by atoms with Crippen LogP contribution in [-0.4, -0.2) is 37.5 Å². The molecule has 0 spiro atoms. The van der Waals surface area contributed by atoms with Crippen LogP contribution in [0.25, 0.3) is 0 Å². The lowest BCUT2D eigenvalue weighted by Gasteiger charge is -2.30. The third kappa shape index (κ3) is 6.70. The molecular weight excluding hydrogens is 324 g/mol. The van der Waals surface area contributed by atoms with E-state index in [1.165, 1.54) is 11.1 Å². The Balaban J connectivity index is 1.77. The molecule has 5 nitrogen and oxygen atoms in total. The monoisotopic (exact) mass is 358 g/mol. The molecule has 0 saturated heterocycles. The van der Waals surface area contributed by atoms with Gasteiger partial charge in [-0.1, -0.05) is 36.2 Å². The summed E-state index contributed by atoms with van der Waals surface area (Å²) in [6, 6.07) is 9.14. The second-order valence-corrected chi connectivity index (χ2v) is 7.60. The minimum Gasteiger partial charge on any atom is -0.356 e. The lowest BCUT2D eigenvalue weighted by atomic mass is 9.85. The Kier molecular flexibility index (Phi) is 7.95. The van der Waals surface area contributed by atoms with E-state index in [-0.39, 0.29) is 17.9 Å². The number of benzene rings is 1. The second kappa shape index (κ2) is 10.2. The van der Waals surface area contributed by atoms with Crippen LogP contribution in [0.1, 0.15) is 50.7 Å². The van der Waals surface area contributed by atoms with Gasteiger partial charge in [0.05, 0.1) is 0 Å². The first-order valence-corrected chi connectivity index (χ1v) is 9.81. The molecule has 144 valence electrons. The van der Waals surface area contributed by atoms with E-state index in [9.17, 15) is 4.79 Å². The van der Waals surface area contributed by atoms with E-state index >= 15 is 0 Å². The summed E-state index contributed by atoms with van der Waals surface area (Å²) in [5, 5.41) is 9.94. The molecule has 3 N–H and O–H groups in total. The van der Waals surface area contributed by atoms with Gasteiger partial charge in [-0.2, -0.15) is 0 Å². The quantitative estimate of drug-likeness (QED) is 0.541. The average Bonchev–Trinajstić information content (AvgIpc) is 2.62. The number of carbonyl (C=O) groups excluding carboxylic acids is 1. The highest BCUT2D eigenvalue weighted by molar-refractivity contribution is 5.81. The maximum Gasteiger partial charge on any atom is 0.223 e. The largest absolute Gasteiger partial charge is 0.356 e. The Labute approximate surface area is 158 Å². The minimum atomic E-state index is 0.106. The zero-order chi connectivity index (χ0) is 18.9. The molecule has 1 aromatic rings. The lowest BCUT2D eigenvalue weighted by molar-refractivity contribution is -0.126. The van der Waals surface area contributed by atoms with Crippen molar-refractivity contribution in [2.75, 3.05) is 13.6 Å². The summed E-state index contributed by atoms with van der Waals surface area (Å²) in [6.07, 6.45) is 4.98. The number of hydrogen-bond acceptors (Lipinski definition) is 2. The molecular formula is C21H34N4O. The number of nitrogens with zero attached hydrogens (tertiary/aromatic N) is 1. The number of aryl methyl sites for hydroxylation is 1. The van der Waals surface area contributed by atoms with Gasteiger partial charge in [-0.3, -0.25) is 9.79 Å². The average molecular weight is 359 g/mol. The Morgan fingerprint density at radius 2 is 1.96 bits per heavy atom. The van der Waals surface area contributed by atoms with Crippen LogP contribution in [0.15, 0.2) is 29.3 Å². The maximum absolute atomic E-state index is 12.3. The molecule has 1 saturated carbocycles.